The Kier molecular flexibility index (Phi) is 8.80. The maximum Gasteiger partial charge on any atom is 0.224 e. The van der Waals surface area contributed by atoms with E-state index in [0.29, 0.717) is 19.6 Å². The number of hydrogen-bond acceptors (Lipinski definition) is 3. The maximum atomic E-state index is 11.9. The zero-order valence-corrected chi connectivity index (χ0v) is 13.9. The highest BCUT2D eigenvalue weighted by molar-refractivity contribution is 5.90. The lowest BCUT2D eigenvalue weighted by Crippen LogP contribution is -2.12. The Morgan fingerprint density at radius 1 is 1.04 bits per heavy atom. The van der Waals surface area contributed by atoms with Crippen LogP contribution in [0.3, 0.4) is 0 Å². The number of hydrogen-bond donors (Lipinski definition) is 2. The van der Waals surface area contributed by atoms with Gasteiger partial charge in [0.05, 0.1) is 0 Å². The number of halogens is 1. The Morgan fingerprint density at radius 2 is 1.74 bits per heavy atom. The number of nitrogens with two attached hydrogens (primary N) is 1. The van der Waals surface area contributed by atoms with E-state index in [1.165, 1.54) is 5.56 Å². The molecule has 2 aromatic carbocycles. The average Bonchev–Trinajstić information content (AvgIpc) is 2.55. The van der Waals surface area contributed by atoms with Gasteiger partial charge in [0.25, 0.3) is 0 Å². The fourth-order valence-corrected chi connectivity index (χ4v) is 2.13. The average molecular weight is 335 g/mol. The fourth-order valence-electron chi connectivity index (χ4n) is 2.13. The van der Waals surface area contributed by atoms with Crippen LogP contribution in [0, 0.1) is 0 Å². The van der Waals surface area contributed by atoms with Crippen molar-refractivity contribution in [2.45, 2.75) is 19.3 Å². The molecule has 0 aliphatic carbocycles. The fraction of sp³-hybridized carbons (Fsp3) is 0.278. The van der Waals surface area contributed by atoms with Crippen LogP contribution in [0.2, 0.25) is 0 Å². The van der Waals surface area contributed by atoms with Crippen LogP contribution in [0.5, 0.6) is 5.75 Å². The van der Waals surface area contributed by atoms with Crippen LogP contribution in [0.25, 0.3) is 0 Å². The molecule has 0 saturated carbocycles. The lowest BCUT2D eigenvalue weighted by Gasteiger charge is -2.07. The van der Waals surface area contributed by atoms with Crippen molar-refractivity contribution in [3.05, 3.63) is 60.2 Å². The Hall–Kier alpha value is -2.04. The van der Waals surface area contributed by atoms with Crippen LogP contribution in [0.4, 0.5) is 5.69 Å². The summed E-state index contributed by atoms with van der Waals surface area (Å²) in [6.45, 7) is 0.977. The molecule has 124 valence electrons. The van der Waals surface area contributed by atoms with Gasteiger partial charge in [-0.15, -0.1) is 12.4 Å². The molecule has 0 aliphatic heterocycles. The summed E-state index contributed by atoms with van der Waals surface area (Å²) in [5, 5.41) is 2.89. The molecule has 0 aliphatic rings. The van der Waals surface area contributed by atoms with Crippen LogP contribution in [-0.2, 0) is 11.2 Å². The lowest BCUT2D eigenvalue weighted by atomic mass is 10.1. The zero-order valence-electron chi connectivity index (χ0n) is 13.0. The second-order valence-electron chi connectivity index (χ2n) is 5.05. The summed E-state index contributed by atoms with van der Waals surface area (Å²) in [6, 6.07) is 17.5. The van der Waals surface area contributed by atoms with E-state index in [1.54, 1.807) is 0 Å². The first kappa shape index (κ1) is 19.0. The van der Waals surface area contributed by atoms with Gasteiger partial charge in [-0.25, -0.2) is 0 Å². The van der Waals surface area contributed by atoms with E-state index in [1.807, 2.05) is 42.5 Å². The molecule has 0 unspecified atom stereocenters. The smallest absolute Gasteiger partial charge is 0.224 e. The molecule has 0 saturated heterocycles. The van der Waals surface area contributed by atoms with Gasteiger partial charge in [0, 0.05) is 18.7 Å². The van der Waals surface area contributed by atoms with Gasteiger partial charge in [-0.2, -0.15) is 0 Å². The van der Waals surface area contributed by atoms with Crippen LogP contribution in [0.1, 0.15) is 18.4 Å². The zero-order chi connectivity index (χ0) is 15.6. The second kappa shape index (κ2) is 10.6. The third-order valence-electron chi connectivity index (χ3n) is 3.24. The van der Waals surface area contributed by atoms with Gasteiger partial charge in [-0.1, -0.05) is 30.3 Å². The third-order valence-corrected chi connectivity index (χ3v) is 3.24. The van der Waals surface area contributed by atoms with Gasteiger partial charge in [0.1, 0.15) is 12.4 Å². The van der Waals surface area contributed by atoms with Crippen molar-refractivity contribution in [3.8, 4) is 5.75 Å². The highest BCUT2D eigenvalue weighted by Crippen LogP contribution is 2.16. The Bertz CT molecular complexity index is 573. The van der Waals surface area contributed by atoms with Crippen LogP contribution < -0.4 is 15.8 Å². The van der Waals surface area contributed by atoms with E-state index in [2.05, 4.69) is 17.4 Å². The summed E-state index contributed by atoms with van der Waals surface area (Å²) in [5.74, 6) is 0.791. The minimum absolute atomic E-state index is 0. The van der Waals surface area contributed by atoms with Gasteiger partial charge >= 0.3 is 0 Å². The molecule has 0 atom stereocenters. The first-order valence-corrected chi connectivity index (χ1v) is 7.54. The minimum atomic E-state index is 0. The summed E-state index contributed by atoms with van der Waals surface area (Å²) in [7, 11) is 0. The molecule has 5 heteroatoms. The largest absolute Gasteiger partial charge is 0.492 e. The summed E-state index contributed by atoms with van der Waals surface area (Å²) in [6.07, 6.45) is 2.27. The van der Waals surface area contributed by atoms with Gasteiger partial charge < -0.3 is 15.8 Å². The van der Waals surface area contributed by atoms with Gasteiger partial charge in [0.15, 0.2) is 0 Å². The quantitative estimate of drug-likeness (QED) is 0.777. The third kappa shape index (κ3) is 7.17. The number of amides is 1. The van der Waals surface area contributed by atoms with Crippen molar-refractivity contribution in [1.82, 2.24) is 0 Å². The number of benzene rings is 2. The van der Waals surface area contributed by atoms with E-state index in [9.17, 15) is 4.79 Å². The molecular weight excluding hydrogens is 312 g/mol. The summed E-state index contributed by atoms with van der Waals surface area (Å²) in [5.41, 5.74) is 7.42. The lowest BCUT2D eigenvalue weighted by molar-refractivity contribution is -0.116. The highest BCUT2D eigenvalue weighted by Gasteiger charge is 2.03. The first-order chi connectivity index (χ1) is 10.8. The number of ether oxygens (including phenoxy) is 1. The minimum Gasteiger partial charge on any atom is -0.492 e. The molecule has 1 amide bonds. The van der Waals surface area contributed by atoms with Crippen molar-refractivity contribution in [2.24, 2.45) is 5.73 Å². The Labute approximate surface area is 143 Å². The van der Waals surface area contributed by atoms with Crippen LogP contribution >= 0.6 is 12.4 Å². The van der Waals surface area contributed by atoms with Gasteiger partial charge in [0.2, 0.25) is 5.91 Å². The summed E-state index contributed by atoms with van der Waals surface area (Å²) >= 11 is 0. The molecule has 0 heterocycles. The predicted molar refractivity (Wildman–Crippen MR) is 96.2 cm³/mol. The van der Waals surface area contributed by atoms with Crippen molar-refractivity contribution in [1.29, 1.82) is 0 Å². The number of anilines is 1. The van der Waals surface area contributed by atoms with Gasteiger partial charge in [-0.05, 0) is 42.7 Å². The van der Waals surface area contributed by atoms with Crippen molar-refractivity contribution < 1.29 is 9.53 Å². The van der Waals surface area contributed by atoms with Crippen molar-refractivity contribution in [2.75, 3.05) is 18.5 Å². The monoisotopic (exact) mass is 334 g/mol. The van der Waals surface area contributed by atoms with E-state index < -0.39 is 0 Å². The van der Waals surface area contributed by atoms with Crippen molar-refractivity contribution in [3.63, 3.8) is 0 Å². The summed E-state index contributed by atoms with van der Waals surface area (Å²) < 4.78 is 5.39. The van der Waals surface area contributed by atoms with E-state index in [0.717, 1.165) is 24.3 Å². The predicted octanol–water partition coefficient (Wildman–Crippen LogP) is 3.41. The molecule has 0 aromatic heterocycles. The molecule has 0 fully saturated rings. The molecule has 2 aromatic rings. The second-order valence-corrected chi connectivity index (χ2v) is 5.05. The molecule has 0 spiro atoms. The number of carbonyl (C=O) groups is 1. The number of rotatable bonds is 8. The number of carbonyl (C=O) groups excluding carboxylic acids is 1. The molecular formula is C18H23ClN2O2. The van der Waals surface area contributed by atoms with E-state index in [4.69, 9.17) is 10.5 Å². The molecule has 23 heavy (non-hydrogen) atoms. The van der Waals surface area contributed by atoms with Crippen LogP contribution in [0.15, 0.2) is 54.6 Å². The SMILES string of the molecule is Cl.NCCOc1ccc(NC(=O)CCCc2ccccc2)cc1. The van der Waals surface area contributed by atoms with E-state index in [-0.39, 0.29) is 18.3 Å². The molecule has 0 bridgehead atoms. The normalized spacial score (nSPS) is 9.78. The molecule has 0 radical (unpaired) electrons. The van der Waals surface area contributed by atoms with E-state index >= 15 is 0 Å². The Balaban J connectivity index is 0.00000264. The van der Waals surface area contributed by atoms with Crippen LogP contribution in [-0.4, -0.2) is 19.1 Å². The maximum absolute atomic E-state index is 11.9. The van der Waals surface area contributed by atoms with Gasteiger partial charge in [-0.3, -0.25) is 4.79 Å². The Morgan fingerprint density at radius 3 is 2.39 bits per heavy atom. The molecule has 2 rings (SSSR count). The molecule has 4 nitrogen and oxygen atoms in total. The molecule has 3 N–H and O–H groups in total. The number of nitrogens with one attached hydrogen (secondary N) is 1. The topological polar surface area (TPSA) is 64.3 Å². The highest BCUT2D eigenvalue weighted by atomic mass is 35.5. The summed E-state index contributed by atoms with van der Waals surface area (Å²) in [4.78, 5) is 11.9. The standard InChI is InChI=1S/C18H22N2O2.ClH/c19-13-14-22-17-11-9-16(10-12-17)20-18(21)8-4-7-15-5-2-1-3-6-15;/h1-3,5-6,9-12H,4,7-8,13-14,19H2,(H,20,21);1H. The number of aryl methyl sites for hydroxylation is 1. The first-order valence-electron chi connectivity index (χ1n) is 7.54. The van der Waals surface area contributed by atoms with Crippen molar-refractivity contribution >= 4 is 24.0 Å².